The topological polar surface area (TPSA) is 61.0 Å². The van der Waals surface area contributed by atoms with E-state index in [0.717, 1.165) is 17.1 Å². The fourth-order valence-electron chi connectivity index (χ4n) is 1.67. The number of anilines is 1. The highest BCUT2D eigenvalue weighted by molar-refractivity contribution is 5.39. The number of ether oxygens (including phenoxy) is 1. The SMILES string of the molecule is COc1ccc(C)cc1Cc1ncc(N)cn1. The second-order valence-electron chi connectivity index (χ2n) is 3.92. The zero-order chi connectivity index (χ0) is 12.3. The molecule has 0 radical (unpaired) electrons. The van der Waals surface area contributed by atoms with Gasteiger partial charge in [0.05, 0.1) is 25.2 Å². The molecule has 2 N–H and O–H groups in total. The van der Waals surface area contributed by atoms with Crippen LogP contribution in [0.2, 0.25) is 0 Å². The van der Waals surface area contributed by atoms with Gasteiger partial charge in [-0.1, -0.05) is 17.7 Å². The first-order valence-corrected chi connectivity index (χ1v) is 5.39. The Bertz CT molecular complexity index is 509. The van der Waals surface area contributed by atoms with E-state index in [2.05, 4.69) is 16.0 Å². The van der Waals surface area contributed by atoms with Crippen molar-refractivity contribution in [2.45, 2.75) is 13.3 Å². The van der Waals surface area contributed by atoms with Gasteiger partial charge >= 0.3 is 0 Å². The zero-order valence-electron chi connectivity index (χ0n) is 9.97. The van der Waals surface area contributed by atoms with E-state index >= 15 is 0 Å². The number of aryl methyl sites for hydroxylation is 1. The lowest BCUT2D eigenvalue weighted by atomic mass is 10.1. The Morgan fingerprint density at radius 3 is 2.59 bits per heavy atom. The minimum atomic E-state index is 0.574. The molecule has 0 aliphatic carbocycles. The van der Waals surface area contributed by atoms with Gasteiger partial charge in [0.15, 0.2) is 0 Å². The summed E-state index contributed by atoms with van der Waals surface area (Å²) in [7, 11) is 1.66. The van der Waals surface area contributed by atoms with Gasteiger partial charge in [0.2, 0.25) is 0 Å². The summed E-state index contributed by atoms with van der Waals surface area (Å²) in [5.74, 6) is 1.60. The summed E-state index contributed by atoms with van der Waals surface area (Å²) in [5.41, 5.74) is 8.40. The first-order chi connectivity index (χ1) is 8.19. The van der Waals surface area contributed by atoms with E-state index in [1.807, 2.05) is 19.1 Å². The first-order valence-electron chi connectivity index (χ1n) is 5.39. The molecule has 1 aromatic heterocycles. The number of rotatable bonds is 3. The second-order valence-corrected chi connectivity index (χ2v) is 3.92. The zero-order valence-corrected chi connectivity index (χ0v) is 9.97. The molecule has 0 bridgehead atoms. The van der Waals surface area contributed by atoms with E-state index in [-0.39, 0.29) is 0 Å². The van der Waals surface area contributed by atoms with Gasteiger partial charge in [0.1, 0.15) is 11.6 Å². The molecular formula is C13H15N3O. The molecule has 4 heteroatoms. The van der Waals surface area contributed by atoms with Crippen LogP contribution >= 0.6 is 0 Å². The summed E-state index contributed by atoms with van der Waals surface area (Å²) < 4.78 is 5.32. The van der Waals surface area contributed by atoms with Crippen LogP contribution in [0.5, 0.6) is 5.75 Å². The number of methoxy groups -OCH3 is 1. The predicted octanol–water partition coefficient (Wildman–Crippen LogP) is 1.97. The average Bonchev–Trinajstić information content (AvgIpc) is 2.32. The third-order valence-electron chi connectivity index (χ3n) is 2.51. The van der Waals surface area contributed by atoms with Crippen molar-refractivity contribution >= 4 is 5.69 Å². The van der Waals surface area contributed by atoms with Crippen LogP contribution in [0.15, 0.2) is 30.6 Å². The quantitative estimate of drug-likeness (QED) is 0.874. The Kier molecular flexibility index (Phi) is 3.23. The molecule has 0 aliphatic rings. The standard InChI is InChI=1S/C13H15N3O/c1-9-3-4-12(17-2)10(5-9)6-13-15-7-11(14)8-16-13/h3-5,7-8H,6,14H2,1-2H3. The molecule has 1 heterocycles. The van der Waals surface area contributed by atoms with Gasteiger partial charge < -0.3 is 10.5 Å². The number of nitrogen functional groups attached to an aromatic ring is 1. The molecule has 0 unspecified atom stereocenters. The molecule has 0 saturated heterocycles. The molecule has 1 aromatic carbocycles. The molecule has 88 valence electrons. The van der Waals surface area contributed by atoms with Crippen LogP contribution in [-0.2, 0) is 6.42 Å². The van der Waals surface area contributed by atoms with Crippen molar-refractivity contribution in [1.82, 2.24) is 9.97 Å². The molecule has 4 nitrogen and oxygen atoms in total. The van der Waals surface area contributed by atoms with E-state index in [1.165, 1.54) is 5.56 Å². The van der Waals surface area contributed by atoms with Crippen LogP contribution in [0.25, 0.3) is 0 Å². The van der Waals surface area contributed by atoms with Gasteiger partial charge in [-0.05, 0) is 13.0 Å². The first kappa shape index (κ1) is 11.4. The Hall–Kier alpha value is -2.10. The minimum Gasteiger partial charge on any atom is -0.496 e. The number of aromatic nitrogens is 2. The maximum Gasteiger partial charge on any atom is 0.132 e. The van der Waals surface area contributed by atoms with Crippen molar-refractivity contribution in [3.05, 3.63) is 47.5 Å². The highest BCUT2D eigenvalue weighted by atomic mass is 16.5. The maximum atomic E-state index is 5.55. The molecular weight excluding hydrogens is 214 g/mol. The summed E-state index contributed by atoms with van der Waals surface area (Å²) in [6.45, 7) is 2.05. The molecule has 2 rings (SSSR count). The maximum absolute atomic E-state index is 5.55. The highest BCUT2D eigenvalue weighted by Crippen LogP contribution is 2.21. The Morgan fingerprint density at radius 1 is 1.24 bits per heavy atom. The lowest BCUT2D eigenvalue weighted by Crippen LogP contribution is -2.00. The molecule has 0 saturated carbocycles. The highest BCUT2D eigenvalue weighted by Gasteiger charge is 2.06. The lowest BCUT2D eigenvalue weighted by Gasteiger charge is -2.08. The number of hydrogen-bond donors (Lipinski definition) is 1. The van der Waals surface area contributed by atoms with Crippen LogP contribution in [0, 0.1) is 6.92 Å². The van der Waals surface area contributed by atoms with E-state index in [1.54, 1.807) is 19.5 Å². The smallest absolute Gasteiger partial charge is 0.132 e. The molecule has 0 amide bonds. The van der Waals surface area contributed by atoms with Gasteiger partial charge in [-0.3, -0.25) is 0 Å². The monoisotopic (exact) mass is 229 g/mol. The molecule has 0 atom stereocenters. The Morgan fingerprint density at radius 2 is 1.94 bits per heavy atom. The fraction of sp³-hybridized carbons (Fsp3) is 0.231. The van der Waals surface area contributed by atoms with Crippen molar-refractivity contribution in [3.8, 4) is 5.75 Å². The molecule has 0 fully saturated rings. The Balaban J connectivity index is 2.28. The van der Waals surface area contributed by atoms with Crippen LogP contribution in [0.4, 0.5) is 5.69 Å². The van der Waals surface area contributed by atoms with E-state index < -0.39 is 0 Å². The normalized spacial score (nSPS) is 10.2. The molecule has 17 heavy (non-hydrogen) atoms. The third-order valence-corrected chi connectivity index (χ3v) is 2.51. The fourth-order valence-corrected chi connectivity index (χ4v) is 1.67. The van der Waals surface area contributed by atoms with Crippen molar-refractivity contribution in [2.24, 2.45) is 0 Å². The number of hydrogen-bond acceptors (Lipinski definition) is 4. The third kappa shape index (κ3) is 2.72. The van der Waals surface area contributed by atoms with E-state index in [4.69, 9.17) is 10.5 Å². The van der Waals surface area contributed by atoms with Gasteiger partial charge in [-0.25, -0.2) is 9.97 Å². The minimum absolute atomic E-state index is 0.574. The number of benzene rings is 1. The lowest BCUT2D eigenvalue weighted by molar-refractivity contribution is 0.410. The van der Waals surface area contributed by atoms with Gasteiger partial charge in [0.25, 0.3) is 0 Å². The van der Waals surface area contributed by atoms with Gasteiger partial charge in [0, 0.05) is 12.0 Å². The summed E-state index contributed by atoms with van der Waals surface area (Å²) in [6.07, 6.45) is 3.88. The van der Waals surface area contributed by atoms with E-state index in [0.29, 0.717) is 12.1 Å². The molecule has 0 aliphatic heterocycles. The average molecular weight is 229 g/mol. The summed E-state index contributed by atoms with van der Waals surface area (Å²) in [5, 5.41) is 0. The summed E-state index contributed by atoms with van der Waals surface area (Å²) >= 11 is 0. The van der Waals surface area contributed by atoms with Crippen LogP contribution < -0.4 is 10.5 Å². The largest absolute Gasteiger partial charge is 0.496 e. The summed E-state index contributed by atoms with van der Waals surface area (Å²) in [6, 6.07) is 6.06. The Labute approximate surface area is 100 Å². The van der Waals surface area contributed by atoms with Gasteiger partial charge in [-0.15, -0.1) is 0 Å². The van der Waals surface area contributed by atoms with E-state index in [9.17, 15) is 0 Å². The number of nitrogens with zero attached hydrogens (tertiary/aromatic N) is 2. The predicted molar refractivity (Wildman–Crippen MR) is 67.0 cm³/mol. The van der Waals surface area contributed by atoms with Gasteiger partial charge in [-0.2, -0.15) is 0 Å². The molecule has 2 aromatic rings. The number of nitrogens with two attached hydrogens (primary N) is 1. The van der Waals surface area contributed by atoms with Crippen LogP contribution in [0.1, 0.15) is 17.0 Å². The second kappa shape index (κ2) is 4.82. The van der Waals surface area contributed by atoms with Crippen molar-refractivity contribution in [2.75, 3.05) is 12.8 Å². The van der Waals surface area contributed by atoms with Crippen molar-refractivity contribution < 1.29 is 4.74 Å². The van der Waals surface area contributed by atoms with Crippen LogP contribution in [0.3, 0.4) is 0 Å². The summed E-state index contributed by atoms with van der Waals surface area (Å²) in [4.78, 5) is 8.37. The van der Waals surface area contributed by atoms with Crippen molar-refractivity contribution in [3.63, 3.8) is 0 Å². The molecule has 0 spiro atoms. The van der Waals surface area contributed by atoms with Crippen LogP contribution in [-0.4, -0.2) is 17.1 Å². The van der Waals surface area contributed by atoms with Crippen molar-refractivity contribution in [1.29, 1.82) is 0 Å².